The van der Waals surface area contributed by atoms with Crippen LogP contribution in [0, 0.1) is 5.92 Å². The van der Waals surface area contributed by atoms with Crippen molar-refractivity contribution in [1.29, 1.82) is 0 Å². The van der Waals surface area contributed by atoms with E-state index in [1.807, 2.05) is 0 Å². The van der Waals surface area contributed by atoms with Crippen LogP contribution in [0.15, 0.2) is 16.8 Å². The zero-order valence-corrected chi connectivity index (χ0v) is 13.6. The van der Waals surface area contributed by atoms with E-state index in [4.69, 9.17) is 4.74 Å². The molecule has 0 aromatic carbocycles. The third-order valence-electron chi connectivity index (χ3n) is 3.39. The zero-order chi connectivity index (χ0) is 14.1. The first-order valence-electron chi connectivity index (χ1n) is 7.55. The molecule has 110 valence electrons. The highest BCUT2D eigenvalue weighted by Gasteiger charge is 2.24. The summed E-state index contributed by atoms with van der Waals surface area (Å²) < 4.78 is 5.97. The number of hydrogen-bond donors (Lipinski definition) is 1. The van der Waals surface area contributed by atoms with E-state index in [1.54, 1.807) is 11.3 Å². The molecule has 0 bridgehead atoms. The standard InChI is InChI=1S/C16H29NOS/c1-5-10-17-15(16(13(3)4)18-6-2)8-7-14-9-11-19-12-14/h9,11-13,15-17H,5-8,10H2,1-4H3. The minimum Gasteiger partial charge on any atom is -0.377 e. The average Bonchev–Trinajstić information content (AvgIpc) is 2.90. The van der Waals surface area contributed by atoms with Crippen LogP contribution >= 0.6 is 11.3 Å². The topological polar surface area (TPSA) is 21.3 Å². The van der Waals surface area contributed by atoms with Gasteiger partial charge in [0.1, 0.15) is 0 Å². The monoisotopic (exact) mass is 283 g/mol. The molecule has 19 heavy (non-hydrogen) atoms. The highest BCUT2D eigenvalue weighted by Crippen LogP contribution is 2.17. The summed E-state index contributed by atoms with van der Waals surface area (Å²) in [6.45, 7) is 10.7. The highest BCUT2D eigenvalue weighted by molar-refractivity contribution is 7.07. The number of thiophene rings is 1. The molecule has 0 aliphatic rings. The molecule has 0 aliphatic heterocycles. The number of aryl methyl sites for hydroxylation is 1. The van der Waals surface area contributed by atoms with E-state index in [0.717, 1.165) is 26.0 Å². The van der Waals surface area contributed by atoms with Crippen LogP contribution in [0.3, 0.4) is 0 Å². The molecular formula is C16H29NOS. The Morgan fingerprint density at radius 2 is 2.11 bits per heavy atom. The molecule has 0 aliphatic carbocycles. The van der Waals surface area contributed by atoms with Gasteiger partial charge >= 0.3 is 0 Å². The fourth-order valence-corrected chi connectivity index (χ4v) is 3.14. The normalized spacial score (nSPS) is 14.8. The Kier molecular flexibility index (Phi) is 8.35. The van der Waals surface area contributed by atoms with Crippen molar-refractivity contribution < 1.29 is 4.74 Å². The maximum absolute atomic E-state index is 5.97. The second-order valence-electron chi connectivity index (χ2n) is 5.39. The first kappa shape index (κ1) is 16.7. The minimum absolute atomic E-state index is 0.315. The maximum Gasteiger partial charge on any atom is 0.0750 e. The number of rotatable bonds is 10. The van der Waals surface area contributed by atoms with Crippen molar-refractivity contribution in [1.82, 2.24) is 5.32 Å². The summed E-state index contributed by atoms with van der Waals surface area (Å²) in [7, 11) is 0. The zero-order valence-electron chi connectivity index (χ0n) is 12.8. The van der Waals surface area contributed by atoms with Gasteiger partial charge in [-0.3, -0.25) is 0 Å². The van der Waals surface area contributed by atoms with E-state index >= 15 is 0 Å². The molecule has 0 amide bonds. The van der Waals surface area contributed by atoms with Crippen molar-refractivity contribution in [2.75, 3.05) is 13.2 Å². The molecular weight excluding hydrogens is 254 g/mol. The average molecular weight is 283 g/mol. The molecule has 1 N–H and O–H groups in total. The van der Waals surface area contributed by atoms with Crippen molar-refractivity contribution in [3.05, 3.63) is 22.4 Å². The third kappa shape index (κ3) is 6.07. The summed E-state index contributed by atoms with van der Waals surface area (Å²) in [6, 6.07) is 2.69. The SMILES string of the molecule is CCCNC(CCc1ccsc1)C(OCC)C(C)C. The molecule has 3 heteroatoms. The second kappa shape index (κ2) is 9.51. The van der Waals surface area contributed by atoms with Gasteiger partial charge in [0, 0.05) is 12.6 Å². The van der Waals surface area contributed by atoms with Crippen LogP contribution in [0.2, 0.25) is 0 Å². The predicted molar refractivity (Wildman–Crippen MR) is 85.0 cm³/mol. The van der Waals surface area contributed by atoms with Gasteiger partial charge in [-0.15, -0.1) is 0 Å². The smallest absolute Gasteiger partial charge is 0.0750 e. The lowest BCUT2D eigenvalue weighted by Crippen LogP contribution is -2.45. The van der Waals surface area contributed by atoms with Crippen LogP contribution < -0.4 is 5.32 Å². The molecule has 0 radical (unpaired) electrons. The molecule has 0 fully saturated rings. The Bertz CT molecular complexity index is 311. The van der Waals surface area contributed by atoms with Crippen LogP contribution in [0.25, 0.3) is 0 Å². The minimum atomic E-state index is 0.315. The Morgan fingerprint density at radius 1 is 1.32 bits per heavy atom. The van der Waals surface area contributed by atoms with E-state index in [0.29, 0.717) is 18.1 Å². The molecule has 0 saturated carbocycles. The Labute approximate surface area is 122 Å². The maximum atomic E-state index is 5.97. The van der Waals surface area contributed by atoms with E-state index in [9.17, 15) is 0 Å². The quantitative estimate of drug-likeness (QED) is 0.698. The fraction of sp³-hybridized carbons (Fsp3) is 0.750. The molecule has 2 unspecified atom stereocenters. The van der Waals surface area contributed by atoms with Gasteiger partial charge in [-0.1, -0.05) is 20.8 Å². The molecule has 2 atom stereocenters. The van der Waals surface area contributed by atoms with Crippen molar-refractivity contribution >= 4 is 11.3 Å². The summed E-state index contributed by atoms with van der Waals surface area (Å²) in [6.07, 6.45) is 3.78. The summed E-state index contributed by atoms with van der Waals surface area (Å²) >= 11 is 1.78. The van der Waals surface area contributed by atoms with Gasteiger partial charge in [0.15, 0.2) is 0 Å². The van der Waals surface area contributed by atoms with Gasteiger partial charge in [0.05, 0.1) is 6.10 Å². The lowest BCUT2D eigenvalue weighted by Gasteiger charge is -2.31. The Balaban J connectivity index is 2.57. The number of hydrogen-bond acceptors (Lipinski definition) is 3. The van der Waals surface area contributed by atoms with E-state index in [1.165, 1.54) is 12.0 Å². The lowest BCUT2D eigenvalue weighted by atomic mass is 9.94. The van der Waals surface area contributed by atoms with E-state index in [-0.39, 0.29) is 0 Å². The second-order valence-corrected chi connectivity index (χ2v) is 6.17. The molecule has 1 aromatic heterocycles. The number of ether oxygens (including phenoxy) is 1. The molecule has 1 heterocycles. The van der Waals surface area contributed by atoms with Gasteiger partial charge < -0.3 is 10.1 Å². The van der Waals surface area contributed by atoms with Crippen LogP contribution in [0.5, 0.6) is 0 Å². The van der Waals surface area contributed by atoms with Crippen molar-refractivity contribution in [2.45, 2.75) is 59.1 Å². The van der Waals surface area contributed by atoms with Crippen LogP contribution in [0.4, 0.5) is 0 Å². The Hall–Kier alpha value is -0.380. The lowest BCUT2D eigenvalue weighted by molar-refractivity contribution is 0.00161. The fourth-order valence-electron chi connectivity index (χ4n) is 2.43. The molecule has 2 nitrogen and oxygen atoms in total. The molecule has 0 saturated heterocycles. The van der Waals surface area contributed by atoms with E-state index in [2.05, 4.69) is 49.8 Å². The van der Waals surface area contributed by atoms with E-state index < -0.39 is 0 Å². The molecule has 0 spiro atoms. The molecule has 1 rings (SSSR count). The van der Waals surface area contributed by atoms with Gasteiger partial charge in [0.2, 0.25) is 0 Å². The number of nitrogens with one attached hydrogen (secondary N) is 1. The molecule has 1 aromatic rings. The summed E-state index contributed by atoms with van der Waals surface area (Å²) in [4.78, 5) is 0. The van der Waals surface area contributed by atoms with Crippen molar-refractivity contribution in [3.63, 3.8) is 0 Å². The van der Waals surface area contributed by atoms with Crippen molar-refractivity contribution in [3.8, 4) is 0 Å². The first-order valence-corrected chi connectivity index (χ1v) is 8.49. The highest BCUT2D eigenvalue weighted by atomic mass is 32.1. The van der Waals surface area contributed by atoms with Crippen molar-refractivity contribution in [2.24, 2.45) is 5.92 Å². The Morgan fingerprint density at radius 3 is 2.63 bits per heavy atom. The van der Waals surface area contributed by atoms with Gasteiger partial charge in [-0.2, -0.15) is 11.3 Å². The third-order valence-corrected chi connectivity index (χ3v) is 4.13. The predicted octanol–water partition coefficient (Wildman–Crippen LogP) is 4.11. The van der Waals surface area contributed by atoms with Gasteiger partial charge in [-0.05, 0) is 61.0 Å². The van der Waals surface area contributed by atoms with Crippen LogP contribution in [-0.4, -0.2) is 25.3 Å². The summed E-state index contributed by atoms with van der Waals surface area (Å²) in [5.41, 5.74) is 1.45. The van der Waals surface area contributed by atoms with Crippen LogP contribution in [0.1, 0.15) is 46.1 Å². The summed E-state index contributed by atoms with van der Waals surface area (Å²) in [5.74, 6) is 0.553. The van der Waals surface area contributed by atoms with Gasteiger partial charge in [0.25, 0.3) is 0 Å². The van der Waals surface area contributed by atoms with Gasteiger partial charge in [-0.25, -0.2) is 0 Å². The summed E-state index contributed by atoms with van der Waals surface area (Å²) in [5, 5.41) is 8.09. The largest absolute Gasteiger partial charge is 0.377 e. The van der Waals surface area contributed by atoms with Crippen LogP contribution in [-0.2, 0) is 11.2 Å². The first-order chi connectivity index (χ1) is 9.19.